The minimum absolute atomic E-state index is 0.0145. The van der Waals surface area contributed by atoms with E-state index >= 15 is 0 Å². The van der Waals surface area contributed by atoms with E-state index in [4.69, 9.17) is 4.74 Å². The highest BCUT2D eigenvalue weighted by atomic mass is 16.5. The number of fused-ring (bicyclic) bond motifs is 3. The van der Waals surface area contributed by atoms with E-state index in [-0.39, 0.29) is 30.9 Å². The molecule has 4 rings (SSSR count). The summed E-state index contributed by atoms with van der Waals surface area (Å²) in [5, 5.41) is 12.0. The van der Waals surface area contributed by atoms with Crippen molar-refractivity contribution < 1.29 is 24.2 Å². The fraction of sp³-hybridized carbons (Fsp3) is 0.444. The zero-order chi connectivity index (χ0) is 24.9. The van der Waals surface area contributed by atoms with Crippen LogP contribution in [0.1, 0.15) is 43.7 Å². The average Bonchev–Trinajstić information content (AvgIpc) is 3.20. The molecule has 186 valence electrons. The van der Waals surface area contributed by atoms with E-state index < -0.39 is 18.1 Å². The van der Waals surface area contributed by atoms with Gasteiger partial charge >= 0.3 is 12.1 Å². The lowest BCUT2D eigenvalue weighted by molar-refractivity contribution is -0.144. The Bertz CT molecular complexity index is 1030. The maximum absolute atomic E-state index is 12.8. The van der Waals surface area contributed by atoms with Gasteiger partial charge in [0.05, 0.1) is 0 Å². The molecule has 1 heterocycles. The van der Waals surface area contributed by atoms with Gasteiger partial charge < -0.3 is 20.1 Å². The van der Waals surface area contributed by atoms with Gasteiger partial charge in [-0.3, -0.25) is 14.5 Å². The first-order valence-corrected chi connectivity index (χ1v) is 12.2. The second kappa shape index (κ2) is 10.9. The number of hydrogen-bond acceptors (Lipinski definition) is 5. The number of carboxylic acid groups (broad SMARTS) is 1. The fourth-order valence-corrected chi connectivity index (χ4v) is 4.96. The number of carbonyl (C=O) groups is 3. The zero-order valence-electron chi connectivity index (χ0n) is 20.3. The summed E-state index contributed by atoms with van der Waals surface area (Å²) in [4.78, 5) is 40.2. The van der Waals surface area contributed by atoms with Gasteiger partial charge in [-0.1, -0.05) is 55.5 Å². The summed E-state index contributed by atoms with van der Waals surface area (Å²) in [6.45, 7) is 5.83. The Labute approximate surface area is 205 Å². The zero-order valence-corrected chi connectivity index (χ0v) is 20.3. The van der Waals surface area contributed by atoms with Gasteiger partial charge in [0.15, 0.2) is 0 Å². The first-order chi connectivity index (χ1) is 16.9. The predicted molar refractivity (Wildman–Crippen MR) is 132 cm³/mol. The first-order valence-electron chi connectivity index (χ1n) is 12.2. The molecule has 2 aromatic carbocycles. The van der Waals surface area contributed by atoms with Crippen molar-refractivity contribution in [2.24, 2.45) is 0 Å². The molecular weight excluding hydrogens is 446 g/mol. The van der Waals surface area contributed by atoms with Gasteiger partial charge in [-0.15, -0.1) is 0 Å². The normalized spacial score (nSPS) is 17.3. The molecule has 2 aliphatic rings. The van der Waals surface area contributed by atoms with Gasteiger partial charge in [0.25, 0.3) is 0 Å². The molecule has 1 saturated heterocycles. The van der Waals surface area contributed by atoms with E-state index in [0.29, 0.717) is 32.6 Å². The smallest absolute Gasteiger partial charge is 0.407 e. The average molecular weight is 480 g/mol. The Hall–Kier alpha value is -3.39. The second-order valence-electron chi connectivity index (χ2n) is 9.21. The van der Waals surface area contributed by atoms with E-state index in [0.717, 1.165) is 11.1 Å². The standard InChI is InChI=1S/C27H33N3O5/c1-3-19(16-25(31)30-14-12-29(13-15-30)18(2)26(32)33)28-27(34)35-17-24-22-10-6-4-8-20(22)21-9-5-7-11-23(21)24/h4-11,18-19,24H,3,12-17H2,1-2H3,(H,28,34)(H,32,33)/t18?,19-/m0/s1. The van der Waals surface area contributed by atoms with E-state index in [1.807, 2.05) is 36.1 Å². The fourth-order valence-electron chi connectivity index (χ4n) is 4.96. The molecule has 1 aliphatic carbocycles. The lowest BCUT2D eigenvalue weighted by Crippen LogP contribution is -2.53. The van der Waals surface area contributed by atoms with Crippen LogP contribution >= 0.6 is 0 Å². The number of amides is 2. The molecule has 8 heteroatoms. The maximum Gasteiger partial charge on any atom is 0.407 e. The van der Waals surface area contributed by atoms with E-state index in [1.54, 1.807) is 11.8 Å². The Morgan fingerprint density at radius 1 is 1.00 bits per heavy atom. The van der Waals surface area contributed by atoms with Crippen LogP contribution in [0.5, 0.6) is 0 Å². The molecule has 0 saturated carbocycles. The Kier molecular flexibility index (Phi) is 7.70. The topological polar surface area (TPSA) is 99.2 Å². The molecular formula is C27H33N3O5. The third-order valence-electron chi connectivity index (χ3n) is 7.15. The number of alkyl carbamates (subject to hydrolysis) is 1. The molecule has 2 amide bonds. The van der Waals surface area contributed by atoms with Crippen molar-refractivity contribution in [2.75, 3.05) is 32.8 Å². The van der Waals surface area contributed by atoms with Gasteiger partial charge in [0.1, 0.15) is 12.6 Å². The molecule has 1 fully saturated rings. The van der Waals surface area contributed by atoms with Crippen molar-refractivity contribution in [1.82, 2.24) is 15.1 Å². The number of nitrogens with one attached hydrogen (secondary N) is 1. The number of carbonyl (C=O) groups excluding carboxylic acids is 2. The summed E-state index contributed by atoms with van der Waals surface area (Å²) >= 11 is 0. The summed E-state index contributed by atoms with van der Waals surface area (Å²) in [5.41, 5.74) is 4.65. The van der Waals surface area contributed by atoms with Crippen molar-refractivity contribution >= 4 is 18.0 Å². The molecule has 35 heavy (non-hydrogen) atoms. The van der Waals surface area contributed by atoms with E-state index in [2.05, 4.69) is 29.6 Å². The maximum atomic E-state index is 12.8. The largest absolute Gasteiger partial charge is 0.480 e. The van der Waals surface area contributed by atoms with Crippen molar-refractivity contribution in [3.05, 3.63) is 59.7 Å². The van der Waals surface area contributed by atoms with Gasteiger partial charge in [0.2, 0.25) is 5.91 Å². The Morgan fingerprint density at radius 2 is 1.57 bits per heavy atom. The molecule has 2 atom stereocenters. The number of rotatable bonds is 8. The first kappa shape index (κ1) is 24.7. The summed E-state index contributed by atoms with van der Waals surface area (Å²) in [7, 11) is 0. The second-order valence-corrected chi connectivity index (χ2v) is 9.21. The lowest BCUT2D eigenvalue weighted by Gasteiger charge is -2.37. The molecule has 8 nitrogen and oxygen atoms in total. The molecule has 2 aromatic rings. The van der Waals surface area contributed by atoms with Crippen LogP contribution in [0.4, 0.5) is 4.79 Å². The van der Waals surface area contributed by atoms with Crippen molar-refractivity contribution in [3.8, 4) is 11.1 Å². The Balaban J connectivity index is 1.28. The third kappa shape index (κ3) is 5.48. The monoisotopic (exact) mass is 479 g/mol. The number of benzene rings is 2. The van der Waals surface area contributed by atoms with Gasteiger partial charge in [0, 0.05) is 44.6 Å². The number of piperazine rings is 1. The highest BCUT2D eigenvalue weighted by Crippen LogP contribution is 2.44. The summed E-state index contributed by atoms with van der Waals surface area (Å²) in [6.07, 6.45) is 0.271. The minimum Gasteiger partial charge on any atom is -0.480 e. The van der Waals surface area contributed by atoms with Crippen molar-refractivity contribution in [3.63, 3.8) is 0 Å². The molecule has 0 bridgehead atoms. The summed E-state index contributed by atoms with van der Waals surface area (Å²) in [6, 6.07) is 15.5. The third-order valence-corrected chi connectivity index (χ3v) is 7.15. The molecule has 0 aromatic heterocycles. The van der Waals surface area contributed by atoms with Crippen LogP contribution in [0.2, 0.25) is 0 Å². The number of hydrogen-bond donors (Lipinski definition) is 2. The van der Waals surface area contributed by atoms with Crippen LogP contribution in [0.25, 0.3) is 11.1 Å². The van der Waals surface area contributed by atoms with Crippen LogP contribution in [0.3, 0.4) is 0 Å². The van der Waals surface area contributed by atoms with Crippen LogP contribution < -0.4 is 5.32 Å². The van der Waals surface area contributed by atoms with Crippen LogP contribution in [-0.4, -0.2) is 77.7 Å². The van der Waals surface area contributed by atoms with E-state index in [9.17, 15) is 19.5 Å². The van der Waals surface area contributed by atoms with Crippen LogP contribution in [0.15, 0.2) is 48.5 Å². The SMILES string of the molecule is CC[C@@H](CC(=O)N1CCN(C(C)C(=O)O)CC1)NC(=O)OCC1c2ccccc2-c2ccccc21. The van der Waals surface area contributed by atoms with Crippen LogP contribution in [-0.2, 0) is 14.3 Å². The number of ether oxygens (including phenoxy) is 1. The van der Waals surface area contributed by atoms with Crippen molar-refractivity contribution in [2.45, 2.75) is 44.7 Å². The quantitative estimate of drug-likeness (QED) is 0.603. The lowest BCUT2D eigenvalue weighted by atomic mass is 9.98. The molecule has 0 spiro atoms. The molecule has 1 aliphatic heterocycles. The highest BCUT2D eigenvalue weighted by Gasteiger charge is 2.30. The number of aliphatic carboxylic acids is 1. The summed E-state index contributed by atoms with van der Waals surface area (Å²) < 4.78 is 5.62. The predicted octanol–water partition coefficient (Wildman–Crippen LogP) is 3.31. The summed E-state index contributed by atoms with van der Waals surface area (Å²) in [5.74, 6) is -0.916. The Morgan fingerprint density at radius 3 is 2.11 bits per heavy atom. The number of carboxylic acids is 1. The van der Waals surface area contributed by atoms with Crippen molar-refractivity contribution in [1.29, 1.82) is 0 Å². The minimum atomic E-state index is -0.858. The van der Waals surface area contributed by atoms with Gasteiger partial charge in [-0.2, -0.15) is 0 Å². The van der Waals surface area contributed by atoms with E-state index in [1.165, 1.54) is 11.1 Å². The van der Waals surface area contributed by atoms with Gasteiger partial charge in [-0.05, 0) is 35.6 Å². The molecule has 1 unspecified atom stereocenters. The van der Waals surface area contributed by atoms with Gasteiger partial charge in [-0.25, -0.2) is 4.79 Å². The number of nitrogens with zero attached hydrogens (tertiary/aromatic N) is 2. The molecule has 2 N–H and O–H groups in total. The van der Waals surface area contributed by atoms with Crippen LogP contribution in [0, 0.1) is 0 Å². The molecule has 0 radical (unpaired) electrons. The highest BCUT2D eigenvalue weighted by molar-refractivity contribution is 5.80.